The van der Waals surface area contributed by atoms with Crippen LogP contribution < -0.4 is 0 Å². The van der Waals surface area contributed by atoms with Crippen molar-refractivity contribution in [1.82, 2.24) is 0 Å². The lowest BCUT2D eigenvalue weighted by Gasteiger charge is -2.36. The van der Waals surface area contributed by atoms with Gasteiger partial charge in [-0.05, 0) is 82.0 Å². The molecule has 2 fully saturated rings. The van der Waals surface area contributed by atoms with Crippen molar-refractivity contribution in [3.05, 3.63) is 12.2 Å². The topological polar surface area (TPSA) is 0 Å². The molecule has 22 heavy (non-hydrogen) atoms. The van der Waals surface area contributed by atoms with E-state index in [-0.39, 0.29) is 0 Å². The lowest BCUT2D eigenvalue weighted by molar-refractivity contribution is 0.168. The maximum atomic E-state index is 3.52. The third-order valence-electron chi connectivity index (χ3n) is 5.80. The normalized spacial score (nSPS) is 32.6. The van der Waals surface area contributed by atoms with Crippen LogP contribution in [0.3, 0.4) is 0 Å². The summed E-state index contributed by atoms with van der Waals surface area (Å²) < 4.78 is 0. The summed E-state index contributed by atoms with van der Waals surface area (Å²) in [7, 11) is 0. The first kappa shape index (κ1) is 17.7. The number of allylic oxidation sites excluding steroid dienone is 2. The number of hydrogen-bond acceptors (Lipinski definition) is 0. The van der Waals surface area contributed by atoms with Gasteiger partial charge in [0.25, 0.3) is 0 Å². The molecule has 2 aliphatic rings. The second kappa shape index (κ2) is 10.1. The maximum Gasteiger partial charge on any atom is 0.0203 e. The van der Waals surface area contributed by atoms with Gasteiger partial charge >= 0.3 is 0 Å². The highest BCUT2D eigenvalue weighted by Crippen LogP contribution is 2.41. The van der Waals surface area contributed by atoms with E-state index >= 15 is 0 Å². The van der Waals surface area contributed by atoms with E-state index in [1.165, 1.54) is 70.6 Å². The Morgan fingerprint density at radius 3 is 2.05 bits per heavy atom. The van der Waals surface area contributed by atoms with E-state index in [1.54, 1.807) is 0 Å². The third-order valence-corrected chi connectivity index (χ3v) is 5.80. The van der Waals surface area contributed by atoms with Crippen molar-refractivity contribution in [3.8, 4) is 11.8 Å². The lowest BCUT2D eigenvalue weighted by Crippen LogP contribution is -2.25. The second-order valence-electron chi connectivity index (χ2n) is 7.57. The highest BCUT2D eigenvalue weighted by Gasteiger charge is 2.29. The first-order valence-corrected chi connectivity index (χ1v) is 9.98. The molecule has 0 amide bonds. The van der Waals surface area contributed by atoms with Gasteiger partial charge < -0.3 is 0 Å². The molecule has 0 aromatic carbocycles. The quantitative estimate of drug-likeness (QED) is 0.388. The zero-order valence-electron chi connectivity index (χ0n) is 14.9. The molecule has 0 aromatic heterocycles. The molecule has 0 heterocycles. The predicted molar refractivity (Wildman–Crippen MR) is 97.6 cm³/mol. The van der Waals surface area contributed by atoms with Gasteiger partial charge in [-0.2, -0.15) is 0 Å². The summed E-state index contributed by atoms with van der Waals surface area (Å²) in [4.78, 5) is 0. The van der Waals surface area contributed by atoms with Crippen LogP contribution in [0, 0.1) is 35.5 Å². The van der Waals surface area contributed by atoms with Gasteiger partial charge in [-0.25, -0.2) is 0 Å². The zero-order valence-corrected chi connectivity index (χ0v) is 14.9. The molecule has 2 aliphatic carbocycles. The average Bonchev–Trinajstić information content (AvgIpc) is 2.57. The van der Waals surface area contributed by atoms with Crippen molar-refractivity contribution in [2.75, 3.05) is 0 Å². The molecule has 2 saturated carbocycles. The Hall–Kier alpha value is -0.700. The van der Waals surface area contributed by atoms with Gasteiger partial charge in [-0.3, -0.25) is 0 Å². The molecule has 0 unspecified atom stereocenters. The second-order valence-corrected chi connectivity index (χ2v) is 7.57. The molecule has 0 N–H and O–H groups in total. The van der Waals surface area contributed by atoms with Crippen LogP contribution >= 0.6 is 0 Å². The zero-order chi connectivity index (χ0) is 15.6. The van der Waals surface area contributed by atoms with Crippen LogP contribution in [0.25, 0.3) is 0 Å². The van der Waals surface area contributed by atoms with Gasteiger partial charge in [0.1, 0.15) is 0 Å². The Labute approximate surface area is 139 Å². The van der Waals surface area contributed by atoms with E-state index in [2.05, 4.69) is 37.8 Å². The summed E-state index contributed by atoms with van der Waals surface area (Å²) in [6, 6.07) is 0. The predicted octanol–water partition coefficient (Wildman–Crippen LogP) is 6.76. The first-order valence-electron chi connectivity index (χ1n) is 9.98. The summed E-state index contributed by atoms with van der Waals surface area (Å²) in [6.45, 7) is 4.49. The maximum absolute atomic E-state index is 3.52. The van der Waals surface area contributed by atoms with Crippen molar-refractivity contribution < 1.29 is 0 Å². The molecule has 0 aliphatic heterocycles. The van der Waals surface area contributed by atoms with Crippen LogP contribution in [0.4, 0.5) is 0 Å². The Morgan fingerprint density at radius 1 is 0.818 bits per heavy atom. The summed E-state index contributed by atoms with van der Waals surface area (Å²) in [6.07, 6.45) is 21.3. The van der Waals surface area contributed by atoms with Gasteiger partial charge in [0, 0.05) is 12.3 Å². The lowest BCUT2D eigenvalue weighted by atomic mass is 9.69. The highest BCUT2D eigenvalue weighted by atomic mass is 14.3. The van der Waals surface area contributed by atoms with E-state index < -0.39 is 0 Å². The van der Waals surface area contributed by atoms with E-state index in [0.717, 1.165) is 30.1 Å². The average molecular weight is 301 g/mol. The Balaban J connectivity index is 1.67. The number of rotatable bonds is 5. The molecule has 0 heteroatoms. The molecule has 0 aromatic rings. The van der Waals surface area contributed by atoms with Gasteiger partial charge in [-0.15, -0.1) is 5.92 Å². The van der Waals surface area contributed by atoms with E-state index in [4.69, 9.17) is 0 Å². The molecule has 0 spiro atoms. The van der Waals surface area contributed by atoms with Gasteiger partial charge in [0.05, 0.1) is 0 Å². The van der Waals surface area contributed by atoms with Gasteiger partial charge in [0.2, 0.25) is 0 Å². The molecular weight excluding hydrogens is 264 g/mol. The van der Waals surface area contributed by atoms with Crippen LogP contribution in [0.5, 0.6) is 0 Å². The monoisotopic (exact) mass is 300 g/mol. The van der Waals surface area contributed by atoms with Gasteiger partial charge in [0.15, 0.2) is 0 Å². The number of hydrogen-bond donors (Lipinski definition) is 0. The van der Waals surface area contributed by atoms with Crippen molar-refractivity contribution in [2.24, 2.45) is 23.7 Å². The van der Waals surface area contributed by atoms with E-state index in [9.17, 15) is 0 Å². The summed E-state index contributed by atoms with van der Waals surface area (Å²) in [5.41, 5.74) is 0. The summed E-state index contributed by atoms with van der Waals surface area (Å²) in [5, 5.41) is 0. The standard InChI is InChI=1S/C22H36/c1-3-5-7-9-19-11-15-21(16-12-19)22-17-13-20(14-18-22)10-8-6-4-2/h7,9,19-22H,3-6,11-18H2,1-2H3/b9-7+. The fourth-order valence-corrected chi connectivity index (χ4v) is 4.34. The molecule has 0 nitrogen and oxygen atoms in total. The van der Waals surface area contributed by atoms with Crippen LogP contribution in [0.15, 0.2) is 12.2 Å². The Kier molecular flexibility index (Phi) is 8.14. The number of unbranched alkanes of at least 4 members (excludes halogenated alkanes) is 2. The van der Waals surface area contributed by atoms with Crippen LogP contribution in [0.2, 0.25) is 0 Å². The SMILES string of the molecule is CCCC#CC1CCC(C2CCC(/C=C/CCC)CC2)CC1. The van der Waals surface area contributed by atoms with Crippen LogP contribution in [0.1, 0.15) is 90.9 Å². The van der Waals surface area contributed by atoms with Crippen LogP contribution in [-0.4, -0.2) is 0 Å². The van der Waals surface area contributed by atoms with Crippen molar-refractivity contribution in [2.45, 2.75) is 90.9 Å². The van der Waals surface area contributed by atoms with E-state index in [1.807, 2.05) is 0 Å². The van der Waals surface area contributed by atoms with Crippen LogP contribution in [-0.2, 0) is 0 Å². The van der Waals surface area contributed by atoms with Crippen molar-refractivity contribution in [1.29, 1.82) is 0 Å². The minimum Gasteiger partial charge on any atom is -0.103 e. The smallest absolute Gasteiger partial charge is 0.0203 e. The first-order chi connectivity index (χ1) is 10.8. The minimum absolute atomic E-state index is 0.719. The molecule has 2 rings (SSSR count). The Morgan fingerprint density at radius 2 is 1.45 bits per heavy atom. The largest absolute Gasteiger partial charge is 0.103 e. The molecule has 0 saturated heterocycles. The fraction of sp³-hybridized carbons (Fsp3) is 0.818. The molecule has 124 valence electrons. The molecule has 0 radical (unpaired) electrons. The summed E-state index contributed by atoms with van der Waals surface area (Å²) in [5.74, 6) is 10.5. The van der Waals surface area contributed by atoms with Crippen molar-refractivity contribution >= 4 is 0 Å². The molecule has 0 bridgehead atoms. The third kappa shape index (κ3) is 5.83. The fourth-order valence-electron chi connectivity index (χ4n) is 4.34. The summed E-state index contributed by atoms with van der Waals surface area (Å²) >= 11 is 0. The minimum atomic E-state index is 0.719. The van der Waals surface area contributed by atoms with Gasteiger partial charge in [-0.1, -0.05) is 38.3 Å². The van der Waals surface area contributed by atoms with Crippen molar-refractivity contribution in [3.63, 3.8) is 0 Å². The molecular formula is C22H36. The molecule has 0 atom stereocenters. The Bertz CT molecular complexity index is 365. The van der Waals surface area contributed by atoms with E-state index in [0.29, 0.717) is 0 Å². The highest BCUT2D eigenvalue weighted by molar-refractivity contribution is 5.05.